The van der Waals surface area contributed by atoms with Gasteiger partial charge in [-0.1, -0.05) is 34.6 Å². The highest BCUT2D eigenvalue weighted by atomic mass is 16.5. The summed E-state index contributed by atoms with van der Waals surface area (Å²) in [6.45, 7) is 11.4. The maximum atomic E-state index is 12.5. The van der Waals surface area contributed by atoms with E-state index in [-0.39, 0.29) is 16.6 Å². The van der Waals surface area contributed by atoms with Crippen molar-refractivity contribution in [3.05, 3.63) is 41.1 Å². The second-order valence-corrected chi connectivity index (χ2v) is 7.97. The molecule has 0 atom stereocenters. The monoisotopic (exact) mass is 301 g/mol. The van der Waals surface area contributed by atoms with E-state index in [2.05, 4.69) is 34.6 Å². The van der Waals surface area contributed by atoms with Gasteiger partial charge in [-0.25, -0.2) is 0 Å². The number of hydrogen-bond acceptors (Lipinski definition) is 3. The molecule has 0 radical (unpaired) electrons. The number of ketones is 1. The minimum atomic E-state index is -0.0634. The topological polar surface area (TPSA) is 29.5 Å². The van der Waals surface area contributed by atoms with Crippen molar-refractivity contribution in [3.8, 4) is 5.75 Å². The van der Waals surface area contributed by atoms with Gasteiger partial charge in [0.25, 0.3) is 0 Å². The Kier molecular flexibility index (Phi) is 4.12. The van der Waals surface area contributed by atoms with Crippen LogP contribution in [-0.4, -0.2) is 31.4 Å². The molecule has 1 heterocycles. The Bertz CT molecular complexity index is 619. The number of allylic oxidation sites excluding steroid dienone is 1. The maximum absolute atomic E-state index is 12.5. The molecule has 3 heteroatoms. The van der Waals surface area contributed by atoms with Gasteiger partial charge < -0.3 is 9.64 Å². The molecule has 0 aromatic heterocycles. The first-order chi connectivity index (χ1) is 10.0. The summed E-state index contributed by atoms with van der Waals surface area (Å²) in [5.74, 6) is 0.996. The van der Waals surface area contributed by atoms with E-state index in [0.29, 0.717) is 6.61 Å². The zero-order valence-electron chi connectivity index (χ0n) is 14.8. The van der Waals surface area contributed by atoms with Crippen molar-refractivity contribution in [1.82, 2.24) is 4.90 Å². The van der Waals surface area contributed by atoms with Crippen LogP contribution in [0, 0.1) is 0 Å². The van der Waals surface area contributed by atoms with Crippen LogP contribution in [0.1, 0.15) is 56.1 Å². The highest BCUT2D eigenvalue weighted by Gasteiger charge is 2.36. The molecule has 22 heavy (non-hydrogen) atoms. The number of carbonyl (C=O) groups is 1. The van der Waals surface area contributed by atoms with Crippen molar-refractivity contribution in [2.24, 2.45) is 0 Å². The lowest BCUT2D eigenvalue weighted by molar-refractivity contribution is 0.104. The number of ether oxygens (including phenoxy) is 1. The van der Waals surface area contributed by atoms with Crippen LogP contribution < -0.4 is 4.74 Å². The standard InChI is InChI=1S/C19H27NO2/c1-18(2,3)14-10-13(16(21)8-9-20(6)7)11-15-17(14)22-12-19(15,4)5/h8-11H,12H2,1-7H3. The van der Waals surface area contributed by atoms with E-state index < -0.39 is 0 Å². The van der Waals surface area contributed by atoms with E-state index in [1.54, 1.807) is 12.3 Å². The highest BCUT2D eigenvalue weighted by Crippen LogP contribution is 2.45. The summed E-state index contributed by atoms with van der Waals surface area (Å²) in [7, 11) is 3.81. The maximum Gasteiger partial charge on any atom is 0.187 e. The van der Waals surface area contributed by atoms with Gasteiger partial charge >= 0.3 is 0 Å². The molecule has 0 unspecified atom stereocenters. The van der Waals surface area contributed by atoms with E-state index in [4.69, 9.17) is 4.74 Å². The molecule has 1 aromatic carbocycles. The molecule has 0 saturated carbocycles. The van der Waals surface area contributed by atoms with Gasteiger partial charge in [0, 0.05) is 48.5 Å². The summed E-state index contributed by atoms with van der Waals surface area (Å²) >= 11 is 0. The number of hydrogen-bond donors (Lipinski definition) is 0. The summed E-state index contributed by atoms with van der Waals surface area (Å²) < 4.78 is 5.97. The lowest BCUT2D eigenvalue weighted by Gasteiger charge is -2.23. The van der Waals surface area contributed by atoms with Gasteiger partial charge in [0.2, 0.25) is 0 Å². The number of carbonyl (C=O) groups excluding carboxylic acids is 1. The Labute approximate surface area is 134 Å². The van der Waals surface area contributed by atoms with Gasteiger partial charge in [0.05, 0.1) is 6.61 Å². The third kappa shape index (κ3) is 3.18. The lowest BCUT2D eigenvalue weighted by Crippen LogP contribution is -2.19. The zero-order chi connectivity index (χ0) is 16.7. The quantitative estimate of drug-likeness (QED) is 0.626. The first kappa shape index (κ1) is 16.6. The smallest absolute Gasteiger partial charge is 0.187 e. The van der Waals surface area contributed by atoms with E-state index in [9.17, 15) is 4.79 Å². The lowest BCUT2D eigenvalue weighted by atomic mass is 9.79. The van der Waals surface area contributed by atoms with Crippen LogP contribution in [0.25, 0.3) is 0 Å². The van der Waals surface area contributed by atoms with Crippen molar-refractivity contribution < 1.29 is 9.53 Å². The molecule has 3 nitrogen and oxygen atoms in total. The largest absolute Gasteiger partial charge is 0.492 e. The number of rotatable bonds is 3. The van der Waals surface area contributed by atoms with E-state index in [1.165, 1.54) is 0 Å². The minimum absolute atomic E-state index is 0.0321. The Balaban J connectivity index is 2.57. The predicted molar refractivity (Wildman–Crippen MR) is 90.8 cm³/mol. The summed E-state index contributed by atoms with van der Waals surface area (Å²) in [6, 6.07) is 3.99. The predicted octanol–water partition coefficient (Wildman–Crippen LogP) is 3.91. The zero-order valence-corrected chi connectivity index (χ0v) is 14.8. The van der Waals surface area contributed by atoms with Crippen LogP contribution in [0.15, 0.2) is 24.4 Å². The molecule has 0 spiro atoms. The van der Waals surface area contributed by atoms with E-state index >= 15 is 0 Å². The molecule has 0 N–H and O–H groups in total. The number of fused-ring (bicyclic) bond motifs is 1. The Morgan fingerprint density at radius 3 is 2.45 bits per heavy atom. The molecule has 0 amide bonds. The van der Waals surface area contributed by atoms with Gasteiger partial charge in [0.1, 0.15) is 5.75 Å². The molecule has 0 saturated heterocycles. The van der Waals surface area contributed by atoms with Gasteiger partial charge in [-0.05, 0) is 17.5 Å². The molecule has 2 rings (SSSR count). The fourth-order valence-electron chi connectivity index (χ4n) is 2.63. The van der Waals surface area contributed by atoms with Crippen molar-refractivity contribution in [2.75, 3.05) is 20.7 Å². The molecular weight excluding hydrogens is 274 g/mol. The van der Waals surface area contributed by atoms with Crippen LogP contribution >= 0.6 is 0 Å². The Morgan fingerprint density at radius 1 is 1.27 bits per heavy atom. The minimum Gasteiger partial charge on any atom is -0.492 e. The highest BCUT2D eigenvalue weighted by molar-refractivity contribution is 6.05. The van der Waals surface area contributed by atoms with Gasteiger partial charge in [-0.15, -0.1) is 0 Å². The average Bonchev–Trinajstić information content (AvgIpc) is 2.70. The summed E-state index contributed by atoms with van der Waals surface area (Å²) in [6.07, 6.45) is 3.41. The van der Waals surface area contributed by atoms with Crippen molar-refractivity contribution in [3.63, 3.8) is 0 Å². The van der Waals surface area contributed by atoms with Gasteiger partial charge in [-0.2, -0.15) is 0 Å². The molecule has 0 aliphatic carbocycles. The Morgan fingerprint density at radius 2 is 1.91 bits per heavy atom. The van der Waals surface area contributed by atoms with Crippen LogP contribution in [0.4, 0.5) is 0 Å². The van der Waals surface area contributed by atoms with Crippen molar-refractivity contribution >= 4 is 5.78 Å². The molecular formula is C19H27NO2. The fourth-order valence-corrected chi connectivity index (χ4v) is 2.63. The molecule has 120 valence electrons. The first-order valence-corrected chi connectivity index (χ1v) is 7.73. The van der Waals surface area contributed by atoms with Crippen molar-refractivity contribution in [1.29, 1.82) is 0 Å². The molecule has 0 bridgehead atoms. The summed E-state index contributed by atoms with van der Waals surface area (Å²) in [5.41, 5.74) is 2.86. The molecule has 1 aliphatic heterocycles. The Hall–Kier alpha value is -1.77. The van der Waals surface area contributed by atoms with Gasteiger partial charge in [-0.3, -0.25) is 4.79 Å². The van der Waals surface area contributed by atoms with Crippen LogP contribution in [0.2, 0.25) is 0 Å². The second-order valence-electron chi connectivity index (χ2n) is 7.97. The number of benzene rings is 1. The average molecular weight is 301 g/mol. The van der Waals surface area contributed by atoms with Crippen LogP contribution in [-0.2, 0) is 10.8 Å². The van der Waals surface area contributed by atoms with Crippen LogP contribution in [0.5, 0.6) is 5.75 Å². The third-order valence-corrected chi connectivity index (χ3v) is 4.01. The normalized spacial score (nSPS) is 16.5. The molecule has 0 fully saturated rings. The van der Waals surface area contributed by atoms with Crippen molar-refractivity contribution in [2.45, 2.75) is 45.4 Å². The van der Waals surface area contributed by atoms with E-state index in [1.807, 2.05) is 31.1 Å². The van der Waals surface area contributed by atoms with E-state index in [0.717, 1.165) is 22.4 Å². The summed E-state index contributed by atoms with van der Waals surface area (Å²) in [4.78, 5) is 14.3. The fraction of sp³-hybridized carbons (Fsp3) is 0.526. The summed E-state index contributed by atoms with van der Waals surface area (Å²) in [5, 5.41) is 0. The first-order valence-electron chi connectivity index (χ1n) is 7.73. The molecule has 1 aromatic rings. The van der Waals surface area contributed by atoms with Crippen LogP contribution in [0.3, 0.4) is 0 Å². The molecule has 1 aliphatic rings. The second kappa shape index (κ2) is 5.45. The van der Waals surface area contributed by atoms with Gasteiger partial charge in [0.15, 0.2) is 5.78 Å². The third-order valence-electron chi connectivity index (χ3n) is 4.01. The SMILES string of the molecule is CN(C)C=CC(=O)c1cc(C(C)(C)C)c2c(c1)C(C)(C)CO2. The number of nitrogens with zero attached hydrogens (tertiary/aromatic N) is 1.